The molecule has 0 heterocycles. The van der Waals surface area contributed by atoms with Gasteiger partial charge in [0.2, 0.25) is 0 Å². The van der Waals surface area contributed by atoms with E-state index in [1.54, 1.807) is 0 Å². The number of hydrogen-bond donors (Lipinski definition) is 2. The number of benzene rings is 1. The molecule has 0 amide bonds. The summed E-state index contributed by atoms with van der Waals surface area (Å²) in [6, 6.07) is 5.26. The lowest BCUT2D eigenvalue weighted by Crippen LogP contribution is -2.30. The summed E-state index contributed by atoms with van der Waals surface area (Å²) in [5, 5.41) is 16.8. The minimum atomic E-state index is -1.94. The number of alkyl halides is 2. The zero-order chi connectivity index (χ0) is 16.0. The van der Waals surface area contributed by atoms with E-state index in [4.69, 9.17) is 10.2 Å². The quantitative estimate of drug-likeness (QED) is 0.792. The Bertz CT molecular complexity index is 596. The first-order valence-electron chi connectivity index (χ1n) is 5.70. The Kier molecular flexibility index (Phi) is 5.78. The van der Waals surface area contributed by atoms with Crippen LogP contribution >= 0.6 is 15.9 Å². The summed E-state index contributed by atoms with van der Waals surface area (Å²) in [7, 11) is 0. The highest BCUT2D eigenvalue weighted by molar-refractivity contribution is 9.10. The summed E-state index contributed by atoms with van der Waals surface area (Å²) in [4.78, 5) is 20.6. The summed E-state index contributed by atoms with van der Waals surface area (Å²) < 4.78 is 23.7. The van der Waals surface area contributed by atoms with Crippen molar-refractivity contribution in [3.8, 4) is 0 Å². The lowest BCUT2D eigenvalue weighted by atomic mass is 9.99. The summed E-state index contributed by atoms with van der Waals surface area (Å²) in [6.07, 6.45) is 5.45. The second kappa shape index (κ2) is 7.12. The second-order valence-corrected chi connectivity index (χ2v) is 5.23. The van der Waals surface area contributed by atoms with Crippen LogP contribution in [0, 0.1) is 11.7 Å². The van der Waals surface area contributed by atoms with Crippen molar-refractivity contribution in [3.63, 3.8) is 0 Å². The lowest BCUT2D eigenvalue weighted by molar-refractivity contribution is -0.141. The van der Waals surface area contributed by atoms with Gasteiger partial charge in [0.05, 0.1) is 5.56 Å². The Hall–Kier alpha value is -2.02. The van der Waals surface area contributed by atoms with Crippen molar-refractivity contribution in [2.24, 2.45) is 5.92 Å². The van der Waals surface area contributed by atoms with Crippen LogP contribution < -0.4 is 0 Å². The molecule has 0 aromatic heterocycles. The van der Waals surface area contributed by atoms with Gasteiger partial charge >= 0.3 is 11.9 Å². The maximum Gasteiger partial charge on any atom is 0.338 e. The highest BCUT2D eigenvalue weighted by Gasteiger charge is 2.38. The molecular formula is C14H11BrF2O4. The zero-order valence-corrected chi connectivity index (χ0v) is 12.1. The van der Waals surface area contributed by atoms with Gasteiger partial charge in [0.15, 0.2) is 4.58 Å². The molecule has 2 atom stereocenters. The Labute approximate surface area is 127 Å². The van der Waals surface area contributed by atoms with Crippen LogP contribution in [-0.4, -0.2) is 26.7 Å². The van der Waals surface area contributed by atoms with E-state index < -0.39 is 28.3 Å². The molecule has 4 nitrogen and oxygen atoms in total. The molecule has 2 unspecified atom stereocenters. The fourth-order valence-corrected chi connectivity index (χ4v) is 1.97. The van der Waals surface area contributed by atoms with Crippen molar-refractivity contribution >= 4 is 27.9 Å². The fraction of sp³-hybridized carbons (Fsp3) is 0.143. The number of halogens is 3. The normalized spacial score (nSPS) is 23.1. The van der Waals surface area contributed by atoms with Crippen LogP contribution in [-0.2, 0) is 4.79 Å². The van der Waals surface area contributed by atoms with E-state index >= 15 is 0 Å². The van der Waals surface area contributed by atoms with Gasteiger partial charge in [-0.05, 0) is 34.1 Å². The Morgan fingerprint density at radius 2 is 1.81 bits per heavy atom. The molecule has 0 aliphatic heterocycles. The van der Waals surface area contributed by atoms with Crippen molar-refractivity contribution in [2.75, 3.05) is 0 Å². The van der Waals surface area contributed by atoms with E-state index in [1.807, 2.05) is 0 Å². The van der Waals surface area contributed by atoms with Gasteiger partial charge in [-0.1, -0.05) is 30.4 Å². The molecule has 1 aliphatic carbocycles. The van der Waals surface area contributed by atoms with Crippen molar-refractivity contribution in [3.05, 3.63) is 60.0 Å². The third kappa shape index (κ3) is 4.78. The summed E-state index contributed by atoms with van der Waals surface area (Å²) in [6.45, 7) is 0. The van der Waals surface area contributed by atoms with Crippen LogP contribution in [0.3, 0.4) is 0 Å². The number of carboxylic acids is 2. The second-order valence-electron chi connectivity index (χ2n) is 4.02. The van der Waals surface area contributed by atoms with Gasteiger partial charge in [-0.3, -0.25) is 4.79 Å². The molecule has 1 aliphatic rings. The zero-order valence-electron chi connectivity index (χ0n) is 10.5. The van der Waals surface area contributed by atoms with Gasteiger partial charge in [-0.25, -0.2) is 13.6 Å². The maximum absolute atomic E-state index is 13.2. The summed E-state index contributed by atoms with van der Waals surface area (Å²) >= 11 is 2.67. The van der Waals surface area contributed by atoms with E-state index in [0.717, 1.165) is 6.07 Å². The van der Waals surface area contributed by atoms with Gasteiger partial charge in [0.1, 0.15) is 11.7 Å². The van der Waals surface area contributed by atoms with Crippen molar-refractivity contribution in [2.45, 2.75) is 4.58 Å². The highest BCUT2D eigenvalue weighted by Crippen LogP contribution is 2.34. The van der Waals surface area contributed by atoms with Crippen molar-refractivity contribution < 1.29 is 28.6 Å². The lowest BCUT2D eigenvalue weighted by Gasteiger charge is -2.21. The van der Waals surface area contributed by atoms with Gasteiger partial charge in [0.25, 0.3) is 0 Å². The van der Waals surface area contributed by atoms with Crippen LogP contribution in [0.5, 0.6) is 0 Å². The number of hydrogen-bond acceptors (Lipinski definition) is 2. The van der Waals surface area contributed by atoms with E-state index in [2.05, 4.69) is 15.9 Å². The first kappa shape index (κ1) is 17.0. The van der Waals surface area contributed by atoms with Crippen LogP contribution in [0.15, 0.2) is 48.6 Å². The highest BCUT2D eigenvalue weighted by atomic mass is 79.9. The first-order chi connectivity index (χ1) is 9.75. The molecule has 0 saturated heterocycles. The van der Waals surface area contributed by atoms with Crippen LogP contribution in [0.25, 0.3) is 0 Å². The number of rotatable bonds is 2. The molecule has 7 heteroatoms. The molecule has 2 N–H and O–H groups in total. The SMILES string of the molecule is O=C(O)C1C=CC=CC1(F)Br.O=C(O)c1ccccc1F. The third-order valence-corrected chi connectivity index (χ3v) is 3.28. The molecule has 0 saturated carbocycles. The molecule has 1 aromatic carbocycles. The molecule has 1 aromatic rings. The standard InChI is InChI=1S/C7H6BrFO2.C7H5FO2/c8-7(9)4-2-1-3-5(7)6(10)11;8-6-4-2-1-3-5(6)7(9)10/h1-5H,(H,10,11);1-4H,(H,9,10). The number of carboxylic acid groups (broad SMARTS) is 2. The predicted octanol–water partition coefficient (Wildman–Crippen LogP) is 3.40. The molecule has 21 heavy (non-hydrogen) atoms. The van der Waals surface area contributed by atoms with E-state index in [-0.39, 0.29) is 5.56 Å². The van der Waals surface area contributed by atoms with Gasteiger partial charge < -0.3 is 10.2 Å². The average Bonchev–Trinajstić information content (AvgIpc) is 2.38. The van der Waals surface area contributed by atoms with E-state index in [1.165, 1.54) is 42.5 Å². The molecule has 112 valence electrons. The largest absolute Gasteiger partial charge is 0.481 e. The first-order valence-corrected chi connectivity index (χ1v) is 6.49. The molecule has 0 spiro atoms. The summed E-state index contributed by atoms with van der Waals surface area (Å²) in [5.74, 6) is -4.24. The van der Waals surface area contributed by atoms with E-state index in [9.17, 15) is 18.4 Å². The third-order valence-electron chi connectivity index (χ3n) is 2.52. The van der Waals surface area contributed by atoms with Crippen LogP contribution in [0.4, 0.5) is 8.78 Å². The molecule has 0 bridgehead atoms. The van der Waals surface area contributed by atoms with Gasteiger partial charge in [-0.2, -0.15) is 0 Å². The topological polar surface area (TPSA) is 74.6 Å². The predicted molar refractivity (Wildman–Crippen MR) is 75.5 cm³/mol. The van der Waals surface area contributed by atoms with Crippen molar-refractivity contribution in [1.82, 2.24) is 0 Å². The molecule has 0 fully saturated rings. The number of aliphatic carboxylic acids is 1. The average molecular weight is 361 g/mol. The number of aromatic carboxylic acids is 1. The molecular weight excluding hydrogens is 350 g/mol. The molecule has 0 radical (unpaired) electrons. The molecule has 2 rings (SSSR count). The Morgan fingerprint density at radius 3 is 2.19 bits per heavy atom. The Balaban J connectivity index is 0.000000211. The van der Waals surface area contributed by atoms with Gasteiger partial charge in [0, 0.05) is 0 Å². The maximum atomic E-state index is 13.2. The van der Waals surface area contributed by atoms with Crippen LogP contribution in [0.1, 0.15) is 10.4 Å². The smallest absolute Gasteiger partial charge is 0.338 e. The minimum absolute atomic E-state index is 0.289. The van der Waals surface area contributed by atoms with Crippen LogP contribution in [0.2, 0.25) is 0 Å². The van der Waals surface area contributed by atoms with E-state index in [0.29, 0.717) is 0 Å². The monoisotopic (exact) mass is 360 g/mol. The van der Waals surface area contributed by atoms with Crippen molar-refractivity contribution in [1.29, 1.82) is 0 Å². The number of allylic oxidation sites excluding steroid dienone is 3. The minimum Gasteiger partial charge on any atom is -0.481 e. The fourth-order valence-electron chi connectivity index (χ4n) is 1.47. The summed E-state index contributed by atoms with van der Waals surface area (Å²) in [5.41, 5.74) is -0.289. The van der Waals surface area contributed by atoms with Gasteiger partial charge in [-0.15, -0.1) is 0 Å². The number of carbonyl (C=O) groups is 2. The Morgan fingerprint density at radius 1 is 1.19 bits per heavy atom.